The average molecular weight is 252 g/mol. The Bertz CT molecular complexity index is 482. The van der Waals surface area contributed by atoms with Gasteiger partial charge in [0.05, 0.1) is 26.0 Å². The molecule has 1 aromatic carbocycles. The summed E-state index contributed by atoms with van der Waals surface area (Å²) in [6, 6.07) is 9.49. The van der Waals surface area contributed by atoms with Crippen LogP contribution in [0.5, 0.6) is 0 Å². The van der Waals surface area contributed by atoms with E-state index in [0.717, 1.165) is 21.9 Å². The zero-order valence-corrected chi connectivity index (χ0v) is 10.1. The van der Waals surface area contributed by atoms with E-state index in [-0.39, 0.29) is 0 Å². The van der Waals surface area contributed by atoms with E-state index in [9.17, 15) is 0 Å². The van der Waals surface area contributed by atoms with E-state index < -0.39 is 0 Å². The lowest BCUT2D eigenvalue weighted by atomic mass is 10.2. The Labute approximate surface area is 105 Å². The van der Waals surface area contributed by atoms with E-state index in [1.54, 1.807) is 6.26 Å². The molecule has 0 aliphatic carbocycles. The highest BCUT2D eigenvalue weighted by molar-refractivity contribution is 6.30. The summed E-state index contributed by atoms with van der Waals surface area (Å²) in [7, 11) is 0. The number of nitrogens with two attached hydrogens (primary N) is 1. The highest BCUT2D eigenvalue weighted by atomic mass is 35.5. The summed E-state index contributed by atoms with van der Waals surface area (Å²) in [6.45, 7) is 1.41. The fourth-order valence-corrected chi connectivity index (χ4v) is 1.79. The molecule has 0 fully saturated rings. The molecule has 0 aliphatic rings. The molecule has 0 saturated carbocycles. The lowest BCUT2D eigenvalue weighted by Gasteiger charge is -2.04. The van der Waals surface area contributed by atoms with E-state index in [1.807, 2.05) is 30.3 Å². The van der Waals surface area contributed by atoms with Gasteiger partial charge in [-0.25, -0.2) is 0 Å². The van der Waals surface area contributed by atoms with Crippen LogP contribution in [-0.4, -0.2) is 0 Å². The van der Waals surface area contributed by atoms with Gasteiger partial charge in [-0.2, -0.15) is 0 Å². The molecule has 2 N–H and O–H groups in total. The summed E-state index contributed by atoms with van der Waals surface area (Å²) < 4.78 is 10.8. The Morgan fingerprint density at radius 3 is 2.88 bits per heavy atom. The number of hydrogen-bond donors (Lipinski definition) is 1. The van der Waals surface area contributed by atoms with Gasteiger partial charge in [0.1, 0.15) is 5.76 Å². The lowest BCUT2D eigenvalue weighted by molar-refractivity contribution is 0.106. The zero-order chi connectivity index (χ0) is 12.1. The van der Waals surface area contributed by atoms with Crippen molar-refractivity contribution in [3.63, 3.8) is 0 Å². The van der Waals surface area contributed by atoms with Crippen LogP contribution >= 0.6 is 11.6 Å². The molecular weight excluding hydrogens is 238 g/mol. The van der Waals surface area contributed by atoms with Gasteiger partial charge >= 0.3 is 0 Å². The van der Waals surface area contributed by atoms with Gasteiger partial charge < -0.3 is 14.9 Å². The van der Waals surface area contributed by atoms with Crippen molar-refractivity contribution in [2.45, 2.75) is 19.8 Å². The second-order valence-corrected chi connectivity index (χ2v) is 4.13. The van der Waals surface area contributed by atoms with Gasteiger partial charge in [-0.1, -0.05) is 23.7 Å². The SMILES string of the molecule is NCc1occc1COCc1cccc(Cl)c1. The number of benzene rings is 1. The Hall–Kier alpha value is -1.29. The minimum Gasteiger partial charge on any atom is -0.468 e. The molecule has 0 amide bonds. The fraction of sp³-hybridized carbons (Fsp3) is 0.231. The topological polar surface area (TPSA) is 48.4 Å². The first-order valence-electron chi connectivity index (χ1n) is 5.37. The maximum atomic E-state index is 5.88. The summed E-state index contributed by atoms with van der Waals surface area (Å²) in [6.07, 6.45) is 1.63. The third-order valence-electron chi connectivity index (χ3n) is 2.44. The quantitative estimate of drug-likeness (QED) is 0.888. The number of rotatable bonds is 5. The number of furan rings is 1. The molecule has 1 aromatic heterocycles. The van der Waals surface area contributed by atoms with Crippen molar-refractivity contribution >= 4 is 11.6 Å². The van der Waals surface area contributed by atoms with Crippen LogP contribution in [0.4, 0.5) is 0 Å². The summed E-state index contributed by atoms with van der Waals surface area (Å²) in [5.41, 5.74) is 7.58. The maximum Gasteiger partial charge on any atom is 0.122 e. The van der Waals surface area contributed by atoms with Gasteiger partial charge in [-0.3, -0.25) is 0 Å². The standard InChI is InChI=1S/C13H14ClNO2/c14-12-3-1-2-10(6-12)8-16-9-11-4-5-17-13(11)7-15/h1-6H,7-9,15H2. The van der Waals surface area contributed by atoms with Crippen LogP contribution in [0, 0.1) is 0 Å². The van der Waals surface area contributed by atoms with Crippen LogP contribution in [-0.2, 0) is 24.5 Å². The molecule has 0 aliphatic heterocycles. The molecule has 90 valence electrons. The third kappa shape index (κ3) is 3.33. The second-order valence-electron chi connectivity index (χ2n) is 3.70. The first kappa shape index (κ1) is 12.2. The summed E-state index contributed by atoms with van der Waals surface area (Å²) in [4.78, 5) is 0. The summed E-state index contributed by atoms with van der Waals surface area (Å²) in [5.74, 6) is 0.774. The van der Waals surface area contributed by atoms with Crippen molar-refractivity contribution in [1.82, 2.24) is 0 Å². The molecule has 3 nitrogen and oxygen atoms in total. The summed E-state index contributed by atoms with van der Waals surface area (Å²) >= 11 is 5.88. The first-order chi connectivity index (χ1) is 8.29. The molecule has 2 aromatic rings. The molecule has 1 heterocycles. The molecule has 0 radical (unpaired) electrons. The summed E-state index contributed by atoms with van der Waals surface area (Å²) in [5, 5.41) is 0.719. The van der Waals surface area contributed by atoms with Crippen LogP contribution in [0.3, 0.4) is 0 Å². The van der Waals surface area contributed by atoms with Crippen molar-refractivity contribution in [3.8, 4) is 0 Å². The van der Waals surface area contributed by atoms with E-state index in [0.29, 0.717) is 19.8 Å². The van der Waals surface area contributed by atoms with E-state index in [4.69, 9.17) is 26.5 Å². The average Bonchev–Trinajstić information content (AvgIpc) is 2.77. The third-order valence-corrected chi connectivity index (χ3v) is 2.67. The lowest BCUT2D eigenvalue weighted by Crippen LogP contribution is -2.00. The van der Waals surface area contributed by atoms with Gasteiger partial charge in [-0.15, -0.1) is 0 Å². The molecule has 0 atom stereocenters. The number of halogens is 1. The van der Waals surface area contributed by atoms with Gasteiger partial charge in [0.15, 0.2) is 0 Å². The normalized spacial score (nSPS) is 10.7. The molecule has 0 bridgehead atoms. The minimum absolute atomic E-state index is 0.392. The molecule has 2 rings (SSSR count). The van der Waals surface area contributed by atoms with Gasteiger partial charge in [0, 0.05) is 10.6 Å². The molecular formula is C13H14ClNO2. The van der Waals surface area contributed by atoms with E-state index >= 15 is 0 Å². The molecule has 0 spiro atoms. The van der Waals surface area contributed by atoms with E-state index in [1.165, 1.54) is 0 Å². The largest absolute Gasteiger partial charge is 0.468 e. The maximum absolute atomic E-state index is 5.88. The second kappa shape index (κ2) is 5.87. The van der Waals surface area contributed by atoms with Crippen LogP contribution < -0.4 is 5.73 Å². The van der Waals surface area contributed by atoms with E-state index in [2.05, 4.69) is 0 Å². The monoisotopic (exact) mass is 251 g/mol. The van der Waals surface area contributed by atoms with Crippen molar-refractivity contribution in [2.24, 2.45) is 5.73 Å². The van der Waals surface area contributed by atoms with Crippen molar-refractivity contribution in [2.75, 3.05) is 0 Å². The zero-order valence-electron chi connectivity index (χ0n) is 9.36. The number of ether oxygens (including phenoxy) is 1. The van der Waals surface area contributed by atoms with Crippen molar-refractivity contribution in [1.29, 1.82) is 0 Å². The van der Waals surface area contributed by atoms with Gasteiger partial charge in [0.25, 0.3) is 0 Å². The number of hydrogen-bond acceptors (Lipinski definition) is 3. The fourth-order valence-electron chi connectivity index (χ4n) is 1.58. The Morgan fingerprint density at radius 2 is 2.12 bits per heavy atom. The molecule has 17 heavy (non-hydrogen) atoms. The Kier molecular flexibility index (Phi) is 4.20. The van der Waals surface area contributed by atoms with Crippen molar-refractivity contribution < 1.29 is 9.15 Å². The van der Waals surface area contributed by atoms with Crippen molar-refractivity contribution in [3.05, 3.63) is 58.5 Å². The first-order valence-corrected chi connectivity index (χ1v) is 5.75. The highest BCUT2D eigenvalue weighted by Crippen LogP contribution is 2.14. The van der Waals surface area contributed by atoms with Gasteiger partial charge in [-0.05, 0) is 23.8 Å². The molecule has 0 saturated heterocycles. The minimum atomic E-state index is 0.392. The molecule has 4 heteroatoms. The Balaban J connectivity index is 1.87. The predicted octanol–water partition coefficient (Wildman–Crippen LogP) is 3.11. The molecule has 0 unspecified atom stereocenters. The predicted molar refractivity (Wildman–Crippen MR) is 66.5 cm³/mol. The smallest absolute Gasteiger partial charge is 0.122 e. The van der Waals surface area contributed by atoms with Crippen LogP contribution in [0.2, 0.25) is 5.02 Å². The van der Waals surface area contributed by atoms with Crippen LogP contribution in [0.1, 0.15) is 16.9 Å². The Morgan fingerprint density at radius 1 is 1.24 bits per heavy atom. The van der Waals surface area contributed by atoms with Crippen LogP contribution in [0.25, 0.3) is 0 Å². The van der Waals surface area contributed by atoms with Crippen LogP contribution in [0.15, 0.2) is 41.0 Å². The van der Waals surface area contributed by atoms with Gasteiger partial charge in [0.2, 0.25) is 0 Å². The highest BCUT2D eigenvalue weighted by Gasteiger charge is 2.04.